The fraction of sp³-hybridized carbons (Fsp3) is 0.353. The Bertz CT molecular complexity index is 536. The molecule has 1 aliphatic carbocycles. The standard InChI is InChI=1S/C17H20N2/c18-17(11-13-5-4-10-19-12-13)16-9-3-7-14-6-1-2-8-15(14)16/h1-2,4-6,8,10,12,16-17H,3,7,9,11,18H2. The molecule has 19 heavy (non-hydrogen) atoms. The molecule has 0 bridgehead atoms. The number of rotatable bonds is 3. The van der Waals surface area contributed by atoms with Crippen molar-refractivity contribution in [1.29, 1.82) is 0 Å². The van der Waals surface area contributed by atoms with Gasteiger partial charge in [0.1, 0.15) is 0 Å². The Hall–Kier alpha value is -1.67. The molecule has 2 aromatic rings. The second-order valence-corrected chi connectivity index (χ2v) is 5.43. The van der Waals surface area contributed by atoms with Gasteiger partial charge in [0.25, 0.3) is 0 Å². The number of nitrogens with two attached hydrogens (primary N) is 1. The lowest BCUT2D eigenvalue weighted by molar-refractivity contribution is 0.460. The van der Waals surface area contributed by atoms with Gasteiger partial charge in [0, 0.05) is 18.4 Å². The zero-order valence-corrected chi connectivity index (χ0v) is 11.1. The highest BCUT2D eigenvalue weighted by molar-refractivity contribution is 5.34. The summed E-state index contributed by atoms with van der Waals surface area (Å²) in [6, 6.07) is 13.0. The van der Waals surface area contributed by atoms with Crippen LogP contribution in [-0.2, 0) is 12.8 Å². The van der Waals surface area contributed by atoms with Crippen molar-refractivity contribution >= 4 is 0 Å². The largest absolute Gasteiger partial charge is 0.327 e. The van der Waals surface area contributed by atoms with Gasteiger partial charge in [0.05, 0.1) is 0 Å². The van der Waals surface area contributed by atoms with Crippen LogP contribution in [0.2, 0.25) is 0 Å². The molecule has 0 amide bonds. The molecule has 3 rings (SSSR count). The van der Waals surface area contributed by atoms with E-state index in [2.05, 4.69) is 35.3 Å². The molecule has 2 unspecified atom stereocenters. The first-order valence-corrected chi connectivity index (χ1v) is 7.07. The monoisotopic (exact) mass is 252 g/mol. The molecule has 1 aromatic carbocycles. The lowest BCUT2D eigenvalue weighted by atomic mass is 9.77. The third-order valence-electron chi connectivity index (χ3n) is 4.13. The molecule has 0 radical (unpaired) electrons. The van der Waals surface area contributed by atoms with Crippen LogP contribution in [0.5, 0.6) is 0 Å². The van der Waals surface area contributed by atoms with E-state index in [0.29, 0.717) is 5.92 Å². The van der Waals surface area contributed by atoms with Crippen molar-refractivity contribution < 1.29 is 0 Å². The van der Waals surface area contributed by atoms with Crippen molar-refractivity contribution in [2.75, 3.05) is 0 Å². The SMILES string of the molecule is NC(Cc1cccnc1)C1CCCc2ccccc21. The molecule has 1 aliphatic rings. The fourth-order valence-corrected chi connectivity index (χ4v) is 3.17. The summed E-state index contributed by atoms with van der Waals surface area (Å²) in [5.74, 6) is 0.491. The number of pyridine rings is 1. The van der Waals surface area contributed by atoms with E-state index in [1.165, 1.54) is 36.0 Å². The molecule has 0 saturated heterocycles. The summed E-state index contributed by atoms with van der Waals surface area (Å²) in [6.07, 6.45) is 8.31. The molecule has 2 nitrogen and oxygen atoms in total. The Labute approximate surface area is 114 Å². The number of nitrogens with zero attached hydrogens (tertiary/aromatic N) is 1. The molecule has 1 heterocycles. The van der Waals surface area contributed by atoms with Gasteiger partial charge >= 0.3 is 0 Å². The predicted octanol–water partition coefficient (Wildman–Crippen LogP) is 3.07. The van der Waals surface area contributed by atoms with Crippen LogP contribution in [0.25, 0.3) is 0 Å². The summed E-state index contributed by atoms with van der Waals surface area (Å²) >= 11 is 0. The van der Waals surface area contributed by atoms with E-state index in [0.717, 1.165) is 6.42 Å². The summed E-state index contributed by atoms with van der Waals surface area (Å²) in [4.78, 5) is 4.17. The second-order valence-electron chi connectivity index (χ2n) is 5.43. The van der Waals surface area contributed by atoms with Crippen molar-refractivity contribution in [3.8, 4) is 0 Å². The van der Waals surface area contributed by atoms with Gasteiger partial charge in [-0.2, -0.15) is 0 Å². The maximum atomic E-state index is 6.47. The van der Waals surface area contributed by atoms with Gasteiger partial charge in [-0.05, 0) is 54.4 Å². The molecule has 2 heteroatoms. The Balaban J connectivity index is 1.80. The van der Waals surface area contributed by atoms with E-state index in [1.54, 1.807) is 0 Å². The first-order chi connectivity index (χ1) is 9.34. The van der Waals surface area contributed by atoms with Gasteiger partial charge in [0.15, 0.2) is 0 Å². The van der Waals surface area contributed by atoms with Crippen LogP contribution in [0.1, 0.15) is 35.4 Å². The minimum atomic E-state index is 0.186. The van der Waals surface area contributed by atoms with Gasteiger partial charge < -0.3 is 5.73 Å². The van der Waals surface area contributed by atoms with Gasteiger partial charge in [-0.25, -0.2) is 0 Å². The number of hydrogen-bond acceptors (Lipinski definition) is 2. The highest BCUT2D eigenvalue weighted by atomic mass is 14.7. The summed E-state index contributed by atoms with van der Waals surface area (Å²) < 4.78 is 0. The van der Waals surface area contributed by atoms with Crippen LogP contribution in [0.3, 0.4) is 0 Å². The number of benzene rings is 1. The van der Waals surface area contributed by atoms with Crippen LogP contribution in [0.15, 0.2) is 48.8 Å². The molecular formula is C17H20N2. The molecule has 2 atom stereocenters. The van der Waals surface area contributed by atoms with E-state index in [1.807, 2.05) is 18.5 Å². The third kappa shape index (κ3) is 2.69. The van der Waals surface area contributed by atoms with Crippen molar-refractivity contribution in [2.45, 2.75) is 37.6 Å². The summed E-state index contributed by atoms with van der Waals surface area (Å²) in [7, 11) is 0. The predicted molar refractivity (Wildman–Crippen MR) is 78.0 cm³/mol. The lowest BCUT2D eigenvalue weighted by Crippen LogP contribution is -2.33. The van der Waals surface area contributed by atoms with Crippen molar-refractivity contribution in [2.24, 2.45) is 5.73 Å². The van der Waals surface area contributed by atoms with E-state index < -0.39 is 0 Å². The Morgan fingerprint density at radius 2 is 2.11 bits per heavy atom. The Morgan fingerprint density at radius 1 is 1.21 bits per heavy atom. The normalized spacial score (nSPS) is 19.7. The Morgan fingerprint density at radius 3 is 2.95 bits per heavy atom. The maximum Gasteiger partial charge on any atom is 0.0300 e. The topological polar surface area (TPSA) is 38.9 Å². The molecular weight excluding hydrogens is 232 g/mol. The van der Waals surface area contributed by atoms with E-state index >= 15 is 0 Å². The third-order valence-corrected chi connectivity index (χ3v) is 4.13. The van der Waals surface area contributed by atoms with Gasteiger partial charge in [-0.1, -0.05) is 30.3 Å². The van der Waals surface area contributed by atoms with E-state index in [4.69, 9.17) is 5.73 Å². The minimum absolute atomic E-state index is 0.186. The molecule has 2 N–H and O–H groups in total. The van der Waals surface area contributed by atoms with Crippen LogP contribution in [0, 0.1) is 0 Å². The summed E-state index contributed by atoms with van der Waals surface area (Å²) in [5.41, 5.74) is 10.7. The number of fused-ring (bicyclic) bond motifs is 1. The van der Waals surface area contributed by atoms with Crippen molar-refractivity contribution in [3.63, 3.8) is 0 Å². The van der Waals surface area contributed by atoms with Crippen LogP contribution < -0.4 is 5.73 Å². The van der Waals surface area contributed by atoms with Crippen LogP contribution >= 0.6 is 0 Å². The van der Waals surface area contributed by atoms with Crippen molar-refractivity contribution in [1.82, 2.24) is 4.98 Å². The molecule has 98 valence electrons. The number of hydrogen-bond donors (Lipinski definition) is 1. The average molecular weight is 252 g/mol. The van der Waals surface area contributed by atoms with Gasteiger partial charge in [-0.3, -0.25) is 4.98 Å². The second kappa shape index (κ2) is 5.54. The molecule has 0 fully saturated rings. The minimum Gasteiger partial charge on any atom is -0.327 e. The smallest absolute Gasteiger partial charge is 0.0300 e. The lowest BCUT2D eigenvalue weighted by Gasteiger charge is -2.30. The molecule has 1 aromatic heterocycles. The summed E-state index contributed by atoms with van der Waals surface area (Å²) in [6.45, 7) is 0. The van der Waals surface area contributed by atoms with E-state index in [-0.39, 0.29) is 6.04 Å². The maximum absolute atomic E-state index is 6.47. The van der Waals surface area contributed by atoms with E-state index in [9.17, 15) is 0 Å². The molecule has 0 spiro atoms. The first-order valence-electron chi connectivity index (χ1n) is 7.07. The van der Waals surface area contributed by atoms with Crippen LogP contribution in [0.4, 0.5) is 0 Å². The quantitative estimate of drug-likeness (QED) is 0.911. The molecule has 0 aliphatic heterocycles. The zero-order chi connectivity index (χ0) is 13.1. The van der Waals surface area contributed by atoms with Gasteiger partial charge in [0.2, 0.25) is 0 Å². The highest BCUT2D eigenvalue weighted by Crippen LogP contribution is 2.34. The molecule has 0 saturated carbocycles. The average Bonchev–Trinajstić information content (AvgIpc) is 2.47. The Kier molecular flexibility index (Phi) is 3.60. The fourth-order valence-electron chi connectivity index (χ4n) is 3.17. The summed E-state index contributed by atoms with van der Waals surface area (Å²) in [5, 5.41) is 0. The number of aromatic nitrogens is 1. The highest BCUT2D eigenvalue weighted by Gasteiger charge is 2.25. The van der Waals surface area contributed by atoms with Crippen LogP contribution in [-0.4, -0.2) is 11.0 Å². The van der Waals surface area contributed by atoms with Crippen molar-refractivity contribution in [3.05, 3.63) is 65.5 Å². The van der Waals surface area contributed by atoms with Gasteiger partial charge in [-0.15, -0.1) is 0 Å². The number of aryl methyl sites for hydroxylation is 1. The first kappa shape index (κ1) is 12.4. The zero-order valence-electron chi connectivity index (χ0n) is 11.1.